The van der Waals surface area contributed by atoms with E-state index in [9.17, 15) is 0 Å². The molecule has 0 aliphatic heterocycles. The van der Waals surface area contributed by atoms with Gasteiger partial charge in [0.15, 0.2) is 0 Å². The molecule has 0 aromatic heterocycles. The van der Waals surface area contributed by atoms with Gasteiger partial charge in [-0.15, -0.1) is 0 Å². The maximum Gasteiger partial charge on any atom is -0.0244 e. The molecule has 0 bridgehead atoms. The van der Waals surface area contributed by atoms with Gasteiger partial charge in [0.1, 0.15) is 0 Å². The van der Waals surface area contributed by atoms with Crippen molar-refractivity contribution in [2.45, 2.75) is 33.6 Å². The SMILES string of the molecule is C/C=C(C)\C=C/CCc1cccc(C)c1. The highest BCUT2D eigenvalue weighted by molar-refractivity contribution is 5.23. The smallest absolute Gasteiger partial charge is 0.0244 e. The van der Waals surface area contributed by atoms with Crippen LogP contribution < -0.4 is 0 Å². The Morgan fingerprint density at radius 2 is 2.13 bits per heavy atom. The molecule has 0 aliphatic carbocycles. The minimum atomic E-state index is 1.12. The van der Waals surface area contributed by atoms with Gasteiger partial charge in [-0.3, -0.25) is 0 Å². The topological polar surface area (TPSA) is 0 Å². The van der Waals surface area contributed by atoms with E-state index in [1.807, 2.05) is 0 Å². The predicted molar refractivity (Wildman–Crippen MR) is 68.1 cm³/mol. The van der Waals surface area contributed by atoms with Crippen molar-refractivity contribution in [2.24, 2.45) is 0 Å². The van der Waals surface area contributed by atoms with Crippen LogP contribution in [0.5, 0.6) is 0 Å². The second-order valence-electron chi connectivity index (χ2n) is 3.96. The normalized spacial score (nSPS) is 12.3. The minimum Gasteiger partial charge on any atom is -0.0847 e. The van der Waals surface area contributed by atoms with Crippen LogP contribution in [-0.2, 0) is 6.42 Å². The number of rotatable bonds is 4. The molecule has 0 spiro atoms. The van der Waals surface area contributed by atoms with Gasteiger partial charge >= 0.3 is 0 Å². The van der Waals surface area contributed by atoms with E-state index < -0.39 is 0 Å². The maximum absolute atomic E-state index is 2.26. The molecule has 1 rings (SSSR count). The Balaban J connectivity index is 2.41. The Kier molecular flexibility index (Phi) is 4.89. The average molecular weight is 200 g/mol. The highest BCUT2D eigenvalue weighted by Gasteiger charge is 1.90. The average Bonchev–Trinajstić information content (AvgIpc) is 2.24. The van der Waals surface area contributed by atoms with Gasteiger partial charge < -0.3 is 0 Å². The predicted octanol–water partition coefficient (Wildman–Crippen LogP) is 4.45. The van der Waals surface area contributed by atoms with Crippen LogP contribution in [0.1, 0.15) is 31.4 Å². The molecule has 0 fully saturated rings. The van der Waals surface area contributed by atoms with Crippen LogP contribution in [0.4, 0.5) is 0 Å². The fourth-order valence-corrected chi connectivity index (χ4v) is 1.48. The Bertz CT molecular complexity index is 356. The summed E-state index contributed by atoms with van der Waals surface area (Å²) < 4.78 is 0. The third-order valence-corrected chi connectivity index (χ3v) is 2.52. The Hall–Kier alpha value is -1.30. The lowest BCUT2D eigenvalue weighted by molar-refractivity contribution is 0.997. The number of aryl methyl sites for hydroxylation is 2. The van der Waals surface area contributed by atoms with Gasteiger partial charge in [0.2, 0.25) is 0 Å². The van der Waals surface area contributed by atoms with Crippen molar-refractivity contribution in [2.75, 3.05) is 0 Å². The molecule has 0 N–H and O–H groups in total. The molecule has 0 amide bonds. The van der Waals surface area contributed by atoms with Crippen LogP contribution in [-0.4, -0.2) is 0 Å². The first kappa shape index (κ1) is 11.8. The molecule has 1 aromatic carbocycles. The third-order valence-electron chi connectivity index (χ3n) is 2.52. The second-order valence-corrected chi connectivity index (χ2v) is 3.96. The summed E-state index contributed by atoms with van der Waals surface area (Å²) in [5.41, 5.74) is 4.11. The van der Waals surface area contributed by atoms with Gasteiger partial charge in [0, 0.05) is 0 Å². The first-order chi connectivity index (χ1) is 7.22. The molecular weight excluding hydrogens is 180 g/mol. The van der Waals surface area contributed by atoms with Gasteiger partial charge in [0.25, 0.3) is 0 Å². The van der Waals surface area contributed by atoms with Gasteiger partial charge in [-0.2, -0.15) is 0 Å². The van der Waals surface area contributed by atoms with Gasteiger partial charge in [-0.25, -0.2) is 0 Å². The molecule has 15 heavy (non-hydrogen) atoms. The monoisotopic (exact) mass is 200 g/mol. The summed E-state index contributed by atoms with van der Waals surface area (Å²) in [5.74, 6) is 0. The highest BCUT2D eigenvalue weighted by atomic mass is 14.0. The molecular formula is C15H20. The number of hydrogen-bond acceptors (Lipinski definition) is 0. The Morgan fingerprint density at radius 3 is 2.80 bits per heavy atom. The molecule has 0 unspecified atom stereocenters. The van der Waals surface area contributed by atoms with Crippen molar-refractivity contribution in [3.63, 3.8) is 0 Å². The van der Waals surface area contributed by atoms with E-state index in [1.165, 1.54) is 16.7 Å². The molecule has 0 atom stereocenters. The summed E-state index contributed by atoms with van der Waals surface area (Å²) >= 11 is 0. The first-order valence-corrected chi connectivity index (χ1v) is 5.57. The molecule has 1 aromatic rings. The number of benzene rings is 1. The largest absolute Gasteiger partial charge is 0.0847 e. The molecule has 0 radical (unpaired) electrons. The lowest BCUT2D eigenvalue weighted by Gasteiger charge is -1.99. The zero-order valence-electron chi connectivity index (χ0n) is 9.96. The highest BCUT2D eigenvalue weighted by Crippen LogP contribution is 2.07. The summed E-state index contributed by atoms with van der Waals surface area (Å²) in [6.07, 6.45) is 8.82. The van der Waals surface area contributed by atoms with Crippen molar-refractivity contribution in [1.82, 2.24) is 0 Å². The summed E-state index contributed by atoms with van der Waals surface area (Å²) in [5, 5.41) is 0. The van der Waals surface area contributed by atoms with Crippen LogP contribution in [0.2, 0.25) is 0 Å². The molecule has 80 valence electrons. The van der Waals surface area contributed by atoms with Crippen LogP contribution >= 0.6 is 0 Å². The van der Waals surface area contributed by atoms with E-state index in [2.05, 4.69) is 63.3 Å². The van der Waals surface area contributed by atoms with Crippen LogP contribution in [0.25, 0.3) is 0 Å². The summed E-state index contributed by atoms with van der Waals surface area (Å²) in [6.45, 7) is 6.34. The zero-order valence-corrected chi connectivity index (χ0v) is 9.96. The van der Waals surface area contributed by atoms with Crippen molar-refractivity contribution in [1.29, 1.82) is 0 Å². The van der Waals surface area contributed by atoms with Crippen LogP contribution in [0.3, 0.4) is 0 Å². The van der Waals surface area contributed by atoms with Crippen molar-refractivity contribution < 1.29 is 0 Å². The van der Waals surface area contributed by atoms with Gasteiger partial charge in [0.05, 0.1) is 0 Å². The van der Waals surface area contributed by atoms with Crippen molar-refractivity contribution in [3.05, 3.63) is 59.2 Å². The van der Waals surface area contributed by atoms with Crippen LogP contribution in [0, 0.1) is 6.92 Å². The third kappa shape index (κ3) is 4.64. The maximum atomic E-state index is 2.26. The van der Waals surface area contributed by atoms with E-state index in [0.717, 1.165) is 12.8 Å². The first-order valence-electron chi connectivity index (χ1n) is 5.57. The fraction of sp³-hybridized carbons (Fsp3) is 0.333. The van der Waals surface area contributed by atoms with Gasteiger partial charge in [-0.1, -0.05) is 53.6 Å². The summed E-state index contributed by atoms with van der Waals surface area (Å²) in [7, 11) is 0. The number of hydrogen-bond donors (Lipinski definition) is 0. The summed E-state index contributed by atoms with van der Waals surface area (Å²) in [4.78, 5) is 0. The van der Waals surface area contributed by atoms with E-state index >= 15 is 0 Å². The molecule has 0 heterocycles. The van der Waals surface area contributed by atoms with Crippen molar-refractivity contribution >= 4 is 0 Å². The molecule has 0 aliphatic rings. The number of allylic oxidation sites excluding steroid dienone is 4. The lowest BCUT2D eigenvalue weighted by Crippen LogP contribution is -1.83. The van der Waals surface area contributed by atoms with Gasteiger partial charge in [-0.05, 0) is 39.2 Å². The Labute approximate surface area is 93.3 Å². The zero-order chi connectivity index (χ0) is 11.1. The second kappa shape index (κ2) is 6.23. The molecule has 0 heteroatoms. The van der Waals surface area contributed by atoms with E-state index in [0.29, 0.717) is 0 Å². The standard InChI is InChI=1S/C15H20/c1-4-13(2)8-5-6-10-15-11-7-9-14(3)12-15/h4-5,7-9,11-12H,6,10H2,1-3H3/b8-5-,13-4-. The minimum absolute atomic E-state index is 1.12. The van der Waals surface area contributed by atoms with E-state index in [4.69, 9.17) is 0 Å². The van der Waals surface area contributed by atoms with Crippen molar-refractivity contribution in [3.8, 4) is 0 Å². The van der Waals surface area contributed by atoms with E-state index in [-0.39, 0.29) is 0 Å². The lowest BCUT2D eigenvalue weighted by atomic mass is 10.1. The van der Waals surface area contributed by atoms with E-state index in [1.54, 1.807) is 0 Å². The molecule has 0 nitrogen and oxygen atoms in total. The fourth-order valence-electron chi connectivity index (χ4n) is 1.48. The molecule has 0 saturated carbocycles. The molecule has 0 saturated heterocycles. The van der Waals surface area contributed by atoms with Crippen LogP contribution in [0.15, 0.2) is 48.1 Å². The summed E-state index contributed by atoms with van der Waals surface area (Å²) in [6, 6.07) is 8.73. The quantitative estimate of drug-likeness (QED) is 0.630. The Morgan fingerprint density at radius 1 is 1.33 bits per heavy atom.